The molecule has 0 aromatic carbocycles. The van der Waals surface area contributed by atoms with E-state index in [-0.39, 0.29) is 0 Å². The molecule has 6 heteroatoms. The maximum absolute atomic E-state index is 5.38. The number of pyridine rings is 1. The zero-order chi connectivity index (χ0) is 14.5. The molecule has 21 heavy (non-hydrogen) atoms. The first-order valence-corrected chi connectivity index (χ1v) is 7.12. The van der Waals surface area contributed by atoms with Crippen LogP contribution in [0.5, 0.6) is 0 Å². The number of nitrogens with zero attached hydrogens (tertiary/aromatic N) is 4. The van der Waals surface area contributed by atoms with Crippen molar-refractivity contribution >= 4 is 11.8 Å². The normalized spacial score (nSPS) is 15.0. The number of aromatic nitrogens is 3. The molecular formula is C15H19N5O. The van der Waals surface area contributed by atoms with Crippen molar-refractivity contribution in [1.29, 1.82) is 0 Å². The third-order valence-corrected chi connectivity index (χ3v) is 3.35. The van der Waals surface area contributed by atoms with Crippen LogP contribution in [0.2, 0.25) is 0 Å². The molecule has 0 aliphatic carbocycles. The molecule has 3 rings (SSSR count). The molecule has 2 aromatic rings. The van der Waals surface area contributed by atoms with Gasteiger partial charge in [-0.25, -0.2) is 4.98 Å². The highest BCUT2D eigenvalue weighted by Crippen LogP contribution is 2.16. The Morgan fingerprint density at radius 3 is 2.90 bits per heavy atom. The summed E-state index contributed by atoms with van der Waals surface area (Å²) < 4.78 is 5.38. The lowest BCUT2D eigenvalue weighted by Crippen LogP contribution is -2.37. The molecule has 0 unspecified atom stereocenters. The van der Waals surface area contributed by atoms with E-state index in [0.29, 0.717) is 12.5 Å². The Bertz CT molecular complexity index is 584. The minimum absolute atomic E-state index is 0.653. The van der Waals surface area contributed by atoms with E-state index in [1.807, 2.05) is 31.3 Å². The minimum atomic E-state index is 0.653. The maximum Gasteiger partial charge on any atom is 0.225 e. The van der Waals surface area contributed by atoms with Gasteiger partial charge in [-0.05, 0) is 18.6 Å². The molecule has 0 bridgehead atoms. The molecule has 1 aliphatic heterocycles. The Morgan fingerprint density at radius 1 is 1.29 bits per heavy atom. The highest BCUT2D eigenvalue weighted by Gasteiger charge is 2.14. The SMILES string of the molecule is Cc1cc(N2CCOCC2)nc(NCc2cccnc2)n1. The van der Waals surface area contributed by atoms with Gasteiger partial charge in [-0.3, -0.25) is 4.98 Å². The number of rotatable bonds is 4. The van der Waals surface area contributed by atoms with Crippen LogP contribution in [0.15, 0.2) is 30.6 Å². The van der Waals surface area contributed by atoms with E-state index in [0.717, 1.165) is 43.4 Å². The van der Waals surface area contributed by atoms with E-state index < -0.39 is 0 Å². The first-order chi connectivity index (χ1) is 10.3. The largest absolute Gasteiger partial charge is 0.378 e. The Kier molecular flexibility index (Phi) is 4.25. The summed E-state index contributed by atoms with van der Waals surface area (Å²) in [5.74, 6) is 1.61. The predicted octanol–water partition coefficient (Wildman–Crippen LogP) is 1.63. The standard InChI is InChI=1S/C15H19N5O/c1-12-9-14(20-5-7-21-8-6-20)19-15(18-12)17-11-13-3-2-4-16-10-13/h2-4,9-10H,5-8,11H2,1H3,(H,17,18,19). The van der Waals surface area contributed by atoms with Gasteiger partial charge in [-0.1, -0.05) is 6.07 Å². The second-order valence-corrected chi connectivity index (χ2v) is 5.01. The van der Waals surface area contributed by atoms with Gasteiger partial charge in [-0.15, -0.1) is 0 Å². The molecule has 110 valence electrons. The summed E-state index contributed by atoms with van der Waals surface area (Å²) >= 11 is 0. The Balaban J connectivity index is 1.71. The molecule has 1 aliphatic rings. The van der Waals surface area contributed by atoms with Gasteiger partial charge in [0, 0.05) is 43.8 Å². The van der Waals surface area contributed by atoms with Crippen LogP contribution in [0.4, 0.5) is 11.8 Å². The van der Waals surface area contributed by atoms with Gasteiger partial charge in [0.1, 0.15) is 5.82 Å². The van der Waals surface area contributed by atoms with E-state index >= 15 is 0 Å². The van der Waals surface area contributed by atoms with Crippen LogP contribution in [0, 0.1) is 6.92 Å². The Labute approximate surface area is 124 Å². The van der Waals surface area contributed by atoms with Gasteiger partial charge in [0.05, 0.1) is 13.2 Å². The quantitative estimate of drug-likeness (QED) is 0.921. The zero-order valence-corrected chi connectivity index (χ0v) is 12.1. The van der Waals surface area contributed by atoms with E-state index in [4.69, 9.17) is 4.74 Å². The average Bonchev–Trinajstić information content (AvgIpc) is 2.54. The van der Waals surface area contributed by atoms with Crippen molar-refractivity contribution in [2.45, 2.75) is 13.5 Å². The van der Waals surface area contributed by atoms with Crippen molar-refractivity contribution in [2.75, 3.05) is 36.5 Å². The molecule has 6 nitrogen and oxygen atoms in total. The minimum Gasteiger partial charge on any atom is -0.378 e. The topological polar surface area (TPSA) is 63.2 Å². The molecule has 0 saturated carbocycles. The van der Waals surface area contributed by atoms with Crippen molar-refractivity contribution in [3.05, 3.63) is 41.9 Å². The maximum atomic E-state index is 5.38. The smallest absolute Gasteiger partial charge is 0.225 e. The molecule has 3 heterocycles. The van der Waals surface area contributed by atoms with Gasteiger partial charge in [0.2, 0.25) is 5.95 Å². The van der Waals surface area contributed by atoms with E-state index in [2.05, 4.69) is 25.2 Å². The van der Waals surface area contributed by atoms with Crippen LogP contribution < -0.4 is 10.2 Å². The average molecular weight is 285 g/mol. The second-order valence-electron chi connectivity index (χ2n) is 5.01. The molecule has 2 aromatic heterocycles. The monoisotopic (exact) mass is 285 g/mol. The summed E-state index contributed by atoms with van der Waals surface area (Å²) in [4.78, 5) is 15.4. The van der Waals surface area contributed by atoms with Gasteiger partial charge in [0.15, 0.2) is 0 Å². The Hall–Kier alpha value is -2.21. The highest BCUT2D eigenvalue weighted by molar-refractivity contribution is 5.45. The number of hydrogen-bond donors (Lipinski definition) is 1. The van der Waals surface area contributed by atoms with Crippen molar-refractivity contribution in [2.24, 2.45) is 0 Å². The summed E-state index contributed by atoms with van der Waals surface area (Å²) in [6, 6.07) is 5.96. The molecule has 1 fully saturated rings. The van der Waals surface area contributed by atoms with Crippen LogP contribution in [-0.4, -0.2) is 41.3 Å². The van der Waals surface area contributed by atoms with Gasteiger partial charge < -0.3 is 15.0 Å². The molecule has 1 N–H and O–H groups in total. The lowest BCUT2D eigenvalue weighted by Gasteiger charge is -2.28. The van der Waals surface area contributed by atoms with Crippen molar-refractivity contribution in [3.8, 4) is 0 Å². The van der Waals surface area contributed by atoms with Crippen molar-refractivity contribution in [3.63, 3.8) is 0 Å². The first-order valence-electron chi connectivity index (χ1n) is 7.12. The van der Waals surface area contributed by atoms with Gasteiger partial charge in [-0.2, -0.15) is 4.98 Å². The number of aryl methyl sites for hydroxylation is 1. The van der Waals surface area contributed by atoms with Crippen LogP contribution in [0.25, 0.3) is 0 Å². The van der Waals surface area contributed by atoms with Crippen LogP contribution in [0.3, 0.4) is 0 Å². The highest BCUT2D eigenvalue weighted by atomic mass is 16.5. The summed E-state index contributed by atoms with van der Waals surface area (Å²) in [6.45, 7) is 5.90. The first kappa shape index (κ1) is 13.8. The predicted molar refractivity (Wildman–Crippen MR) is 81.4 cm³/mol. The van der Waals surface area contributed by atoms with Crippen LogP contribution in [-0.2, 0) is 11.3 Å². The molecular weight excluding hydrogens is 266 g/mol. The summed E-state index contributed by atoms with van der Waals surface area (Å²) in [6.07, 6.45) is 3.61. The molecule has 0 spiro atoms. The number of nitrogens with one attached hydrogen (secondary N) is 1. The van der Waals surface area contributed by atoms with Gasteiger partial charge >= 0.3 is 0 Å². The van der Waals surface area contributed by atoms with Crippen molar-refractivity contribution in [1.82, 2.24) is 15.0 Å². The third-order valence-electron chi connectivity index (χ3n) is 3.35. The molecule has 1 saturated heterocycles. The van der Waals surface area contributed by atoms with Gasteiger partial charge in [0.25, 0.3) is 0 Å². The Morgan fingerprint density at radius 2 is 2.14 bits per heavy atom. The van der Waals surface area contributed by atoms with E-state index in [1.165, 1.54) is 0 Å². The zero-order valence-electron chi connectivity index (χ0n) is 12.1. The lowest BCUT2D eigenvalue weighted by molar-refractivity contribution is 0.122. The fourth-order valence-electron chi connectivity index (χ4n) is 2.27. The summed E-state index contributed by atoms with van der Waals surface area (Å²) in [5.41, 5.74) is 2.07. The van der Waals surface area contributed by atoms with Crippen molar-refractivity contribution < 1.29 is 4.74 Å². The third kappa shape index (κ3) is 3.66. The number of morpholine rings is 1. The summed E-state index contributed by atoms with van der Waals surface area (Å²) in [5, 5.41) is 3.26. The van der Waals surface area contributed by atoms with E-state index in [9.17, 15) is 0 Å². The summed E-state index contributed by atoms with van der Waals surface area (Å²) in [7, 11) is 0. The second kappa shape index (κ2) is 6.49. The number of anilines is 2. The van der Waals surface area contributed by atoms with Crippen LogP contribution >= 0.6 is 0 Å². The number of hydrogen-bond acceptors (Lipinski definition) is 6. The lowest BCUT2D eigenvalue weighted by atomic mass is 10.3. The molecule has 0 radical (unpaired) electrons. The number of ether oxygens (including phenoxy) is 1. The fourth-order valence-corrected chi connectivity index (χ4v) is 2.27. The fraction of sp³-hybridized carbons (Fsp3) is 0.400. The van der Waals surface area contributed by atoms with Crippen LogP contribution in [0.1, 0.15) is 11.3 Å². The molecule has 0 amide bonds. The van der Waals surface area contributed by atoms with E-state index in [1.54, 1.807) is 6.20 Å². The molecule has 0 atom stereocenters.